The van der Waals surface area contributed by atoms with Crippen LogP contribution in [-0.2, 0) is 11.3 Å². The van der Waals surface area contributed by atoms with Crippen LogP contribution in [0.1, 0.15) is 49.8 Å². The number of carbonyl (C=O) groups excluding carboxylic acids is 1. The Labute approximate surface area is 143 Å². The molecule has 0 atom stereocenters. The van der Waals surface area contributed by atoms with Gasteiger partial charge >= 0.3 is 0 Å². The van der Waals surface area contributed by atoms with E-state index in [0.717, 1.165) is 51.9 Å². The maximum atomic E-state index is 12.4. The highest BCUT2D eigenvalue weighted by molar-refractivity contribution is 7.09. The molecule has 5 heteroatoms. The smallest absolute Gasteiger partial charge is 0.240 e. The third-order valence-electron chi connectivity index (χ3n) is 5.42. The molecule has 2 fully saturated rings. The van der Waals surface area contributed by atoms with Gasteiger partial charge in [0.05, 0.1) is 5.54 Å². The van der Waals surface area contributed by atoms with Crippen LogP contribution in [0.4, 0.5) is 0 Å². The lowest BCUT2D eigenvalue weighted by Crippen LogP contribution is -2.55. The van der Waals surface area contributed by atoms with Gasteiger partial charge in [-0.2, -0.15) is 0 Å². The van der Waals surface area contributed by atoms with Gasteiger partial charge in [-0.1, -0.05) is 25.3 Å². The molecule has 1 aromatic rings. The van der Waals surface area contributed by atoms with Crippen molar-refractivity contribution in [3.05, 3.63) is 22.4 Å². The Morgan fingerprint density at radius 3 is 2.70 bits per heavy atom. The van der Waals surface area contributed by atoms with Crippen molar-refractivity contribution in [2.45, 2.75) is 57.0 Å². The topological polar surface area (TPSA) is 58.4 Å². The maximum absolute atomic E-state index is 12.4. The minimum Gasteiger partial charge on any atom is -0.354 e. The normalized spacial score (nSPS) is 22.8. The number of piperidine rings is 1. The highest BCUT2D eigenvalue weighted by atomic mass is 32.1. The standard InChI is InChI=1S/C18H29N3OS/c19-18(8-2-1-3-9-18)17(22)20-13-15-6-10-21(11-7-15)14-16-5-4-12-23-16/h4-5,12,15H,1-3,6-11,13-14,19H2,(H,20,22). The van der Waals surface area contributed by atoms with Crippen molar-refractivity contribution in [2.75, 3.05) is 19.6 Å². The first-order valence-corrected chi connectivity index (χ1v) is 9.86. The highest BCUT2D eigenvalue weighted by Gasteiger charge is 2.35. The van der Waals surface area contributed by atoms with Crippen molar-refractivity contribution in [2.24, 2.45) is 11.7 Å². The van der Waals surface area contributed by atoms with Gasteiger partial charge in [0.1, 0.15) is 0 Å². The fraction of sp³-hybridized carbons (Fsp3) is 0.722. The van der Waals surface area contributed by atoms with Gasteiger partial charge in [0.2, 0.25) is 5.91 Å². The second-order valence-corrected chi connectivity index (χ2v) is 8.26. The molecule has 3 N–H and O–H groups in total. The van der Waals surface area contributed by atoms with Crippen molar-refractivity contribution >= 4 is 17.2 Å². The van der Waals surface area contributed by atoms with Gasteiger partial charge in [-0.3, -0.25) is 9.69 Å². The monoisotopic (exact) mass is 335 g/mol. The molecule has 0 aromatic carbocycles. The van der Waals surface area contributed by atoms with Crippen LogP contribution in [0.25, 0.3) is 0 Å². The minimum atomic E-state index is -0.599. The molecule has 1 aromatic heterocycles. The summed E-state index contributed by atoms with van der Waals surface area (Å²) < 4.78 is 0. The second kappa shape index (κ2) is 7.77. The van der Waals surface area contributed by atoms with Crippen LogP contribution in [0.2, 0.25) is 0 Å². The Morgan fingerprint density at radius 2 is 2.04 bits per heavy atom. The summed E-state index contributed by atoms with van der Waals surface area (Å²) in [5.41, 5.74) is 5.70. The molecule has 0 radical (unpaired) electrons. The number of hydrogen-bond donors (Lipinski definition) is 2. The van der Waals surface area contributed by atoms with E-state index in [1.807, 2.05) is 11.3 Å². The molecule has 1 aliphatic carbocycles. The summed E-state index contributed by atoms with van der Waals surface area (Å²) in [5.74, 6) is 0.684. The average Bonchev–Trinajstić information content (AvgIpc) is 3.07. The summed E-state index contributed by atoms with van der Waals surface area (Å²) in [5, 5.41) is 5.29. The Balaban J connectivity index is 1.38. The van der Waals surface area contributed by atoms with Gasteiger partial charge in [-0.25, -0.2) is 0 Å². The van der Waals surface area contributed by atoms with Gasteiger partial charge in [0.25, 0.3) is 0 Å². The van der Waals surface area contributed by atoms with E-state index >= 15 is 0 Å². The predicted octanol–water partition coefficient (Wildman–Crippen LogP) is 2.74. The van der Waals surface area contributed by atoms with E-state index in [1.54, 1.807) is 0 Å². The fourth-order valence-corrected chi connectivity index (χ4v) is 4.54. The molecule has 2 heterocycles. The number of amides is 1. The Morgan fingerprint density at radius 1 is 1.30 bits per heavy atom. The zero-order chi connectivity index (χ0) is 16.1. The van der Waals surface area contributed by atoms with Crippen LogP contribution >= 0.6 is 11.3 Å². The molecule has 2 aliphatic rings. The molecule has 3 rings (SSSR count). The van der Waals surface area contributed by atoms with Gasteiger partial charge < -0.3 is 11.1 Å². The van der Waals surface area contributed by atoms with Crippen molar-refractivity contribution in [1.29, 1.82) is 0 Å². The first kappa shape index (κ1) is 16.9. The molecular formula is C18H29N3OS. The first-order chi connectivity index (χ1) is 11.2. The minimum absolute atomic E-state index is 0.0817. The number of likely N-dealkylation sites (tertiary alicyclic amines) is 1. The third kappa shape index (κ3) is 4.55. The summed E-state index contributed by atoms with van der Waals surface area (Å²) in [6.07, 6.45) is 7.42. The summed E-state index contributed by atoms with van der Waals surface area (Å²) in [6.45, 7) is 4.13. The number of carbonyl (C=O) groups is 1. The Bertz CT molecular complexity index is 488. The lowest BCUT2D eigenvalue weighted by atomic mass is 9.81. The van der Waals surface area contributed by atoms with Crippen LogP contribution in [0, 0.1) is 5.92 Å². The first-order valence-electron chi connectivity index (χ1n) is 8.98. The zero-order valence-corrected chi connectivity index (χ0v) is 14.7. The maximum Gasteiger partial charge on any atom is 0.240 e. The van der Waals surface area contributed by atoms with E-state index in [-0.39, 0.29) is 5.91 Å². The summed E-state index contributed by atoms with van der Waals surface area (Å²) in [6, 6.07) is 4.33. The fourth-order valence-electron chi connectivity index (χ4n) is 3.79. The van der Waals surface area contributed by atoms with Crippen LogP contribution in [0.3, 0.4) is 0 Å². The van der Waals surface area contributed by atoms with Gasteiger partial charge in [-0.05, 0) is 56.1 Å². The highest BCUT2D eigenvalue weighted by Crippen LogP contribution is 2.26. The molecule has 128 valence electrons. The van der Waals surface area contributed by atoms with E-state index in [9.17, 15) is 4.79 Å². The van der Waals surface area contributed by atoms with Crippen LogP contribution < -0.4 is 11.1 Å². The molecule has 0 bridgehead atoms. The lowest BCUT2D eigenvalue weighted by Gasteiger charge is -2.34. The summed E-state index contributed by atoms with van der Waals surface area (Å²) >= 11 is 1.83. The Kier molecular flexibility index (Phi) is 5.72. The summed E-state index contributed by atoms with van der Waals surface area (Å²) in [4.78, 5) is 16.4. The SMILES string of the molecule is NC1(C(=O)NCC2CCN(Cc3cccs3)CC2)CCCCC1. The molecule has 1 saturated carbocycles. The van der Waals surface area contributed by atoms with E-state index in [1.165, 1.54) is 24.1 Å². The van der Waals surface area contributed by atoms with Crippen molar-refractivity contribution in [1.82, 2.24) is 10.2 Å². The van der Waals surface area contributed by atoms with Crippen molar-refractivity contribution in [3.63, 3.8) is 0 Å². The van der Waals surface area contributed by atoms with E-state index in [4.69, 9.17) is 5.73 Å². The number of hydrogen-bond acceptors (Lipinski definition) is 4. The third-order valence-corrected chi connectivity index (χ3v) is 6.28. The molecular weight excluding hydrogens is 306 g/mol. The second-order valence-electron chi connectivity index (χ2n) is 7.23. The predicted molar refractivity (Wildman–Crippen MR) is 95.3 cm³/mol. The van der Waals surface area contributed by atoms with E-state index < -0.39 is 5.54 Å². The van der Waals surface area contributed by atoms with Gasteiger partial charge in [0, 0.05) is 18.0 Å². The molecule has 1 amide bonds. The van der Waals surface area contributed by atoms with Crippen molar-refractivity contribution in [3.8, 4) is 0 Å². The van der Waals surface area contributed by atoms with Crippen LogP contribution in [0.5, 0.6) is 0 Å². The molecule has 0 spiro atoms. The molecule has 23 heavy (non-hydrogen) atoms. The zero-order valence-electron chi connectivity index (χ0n) is 13.9. The van der Waals surface area contributed by atoms with Gasteiger partial charge in [-0.15, -0.1) is 11.3 Å². The Hall–Kier alpha value is -0.910. The number of rotatable bonds is 5. The lowest BCUT2D eigenvalue weighted by molar-refractivity contribution is -0.127. The van der Waals surface area contributed by atoms with Gasteiger partial charge in [0.15, 0.2) is 0 Å². The largest absolute Gasteiger partial charge is 0.354 e. The van der Waals surface area contributed by atoms with Crippen LogP contribution in [-0.4, -0.2) is 36.0 Å². The number of nitrogens with two attached hydrogens (primary N) is 1. The number of thiophene rings is 1. The molecule has 1 saturated heterocycles. The number of nitrogens with zero attached hydrogens (tertiary/aromatic N) is 1. The van der Waals surface area contributed by atoms with Crippen LogP contribution in [0.15, 0.2) is 17.5 Å². The summed E-state index contributed by atoms with van der Waals surface area (Å²) in [7, 11) is 0. The molecule has 0 unspecified atom stereocenters. The van der Waals surface area contributed by atoms with E-state index in [2.05, 4.69) is 27.7 Å². The molecule has 1 aliphatic heterocycles. The quantitative estimate of drug-likeness (QED) is 0.870. The van der Waals surface area contributed by atoms with E-state index in [0.29, 0.717) is 5.92 Å². The number of nitrogens with one attached hydrogen (secondary N) is 1. The average molecular weight is 336 g/mol. The molecule has 4 nitrogen and oxygen atoms in total. The van der Waals surface area contributed by atoms with Crippen molar-refractivity contribution < 1.29 is 4.79 Å².